The number of aromatic nitrogens is 5. The molecular formula is C32H19N5O. The fourth-order valence-corrected chi connectivity index (χ4v) is 5.18. The normalized spacial score (nSPS) is 11.7. The summed E-state index contributed by atoms with van der Waals surface area (Å²) in [6.45, 7) is 0. The Morgan fingerprint density at radius 1 is 0.526 bits per heavy atom. The van der Waals surface area contributed by atoms with Crippen LogP contribution in [-0.4, -0.2) is 24.5 Å². The molecule has 0 atom stereocenters. The summed E-state index contributed by atoms with van der Waals surface area (Å²) in [6, 6.07) is 36.5. The first-order chi connectivity index (χ1) is 18.8. The maximum Gasteiger partial charge on any atom is 0.238 e. The van der Waals surface area contributed by atoms with Gasteiger partial charge in [0, 0.05) is 39.4 Å². The Labute approximate surface area is 216 Å². The first-order valence-corrected chi connectivity index (χ1v) is 12.4. The molecule has 0 saturated heterocycles. The second-order valence-corrected chi connectivity index (χ2v) is 9.18. The number of para-hydroxylation sites is 3. The van der Waals surface area contributed by atoms with Gasteiger partial charge in [-0.2, -0.15) is 9.97 Å². The smallest absolute Gasteiger partial charge is 0.238 e. The third-order valence-corrected chi connectivity index (χ3v) is 6.93. The van der Waals surface area contributed by atoms with Crippen LogP contribution in [0.1, 0.15) is 0 Å². The fourth-order valence-electron chi connectivity index (χ4n) is 5.18. The Balaban J connectivity index is 1.41. The summed E-state index contributed by atoms with van der Waals surface area (Å²) in [7, 11) is 0. The standard InChI is InChI=1S/C32H19N5O/c1-2-10-20(11-3-1)30-34-31(25-18-29-24(19-33-25)23-14-6-9-17-28(23)38-29)36-32(35-30)37-26-15-7-4-12-21(26)22-13-5-8-16-27(22)37/h1-19H. The van der Waals surface area contributed by atoms with Crippen molar-refractivity contribution in [2.45, 2.75) is 0 Å². The molecule has 0 aliphatic carbocycles. The highest BCUT2D eigenvalue weighted by atomic mass is 16.3. The minimum absolute atomic E-state index is 0.484. The summed E-state index contributed by atoms with van der Waals surface area (Å²) in [5.41, 5.74) is 5.17. The van der Waals surface area contributed by atoms with E-state index in [1.54, 1.807) is 0 Å². The lowest BCUT2D eigenvalue weighted by atomic mass is 10.2. The third-order valence-electron chi connectivity index (χ3n) is 6.93. The van der Waals surface area contributed by atoms with Crippen LogP contribution in [0.3, 0.4) is 0 Å². The van der Waals surface area contributed by atoms with Crippen LogP contribution >= 0.6 is 0 Å². The molecule has 6 nitrogen and oxygen atoms in total. The molecule has 0 saturated carbocycles. The van der Waals surface area contributed by atoms with E-state index in [1.165, 1.54) is 0 Å². The van der Waals surface area contributed by atoms with Crippen LogP contribution in [0.2, 0.25) is 0 Å². The van der Waals surface area contributed by atoms with Gasteiger partial charge in [0.1, 0.15) is 16.9 Å². The van der Waals surface area contributed by atoms with Crippen molar-refractivity contribution in [1.82, 2.24) is 24.5 Å². The molecule has 0 spiro atoms. The monoisotopic (exact) mass is 489 g/mol. The number of benzene rings is 4. The first-order valence-electron chi connectivity index (χ1n) is 12.4. The van der Waals surface area contributed by atoms with Crippen LogP contribution in [0.15, 0.2) is 120 Å². The van der Waals surface area contributed by atoms with Crippen molar-refractivity contribution in [3.63, 3.8) is 0 Å². The van der Waals surface area contributed by atoms with Crippen LogP contribution in [0, 0.1) is 0 Å². The van der Waals surface area contributed by atoms with Gasteiger partial charge in [-0.3, -0.25) is 9.55 Å². The molecule has 4 aromatic heterocycles. The lowest BCUT2D eigenvalue weighted by Gasteiger charge is -2.10. The van der Waals surface area contributed by atoms with Gasteiger partial charge in [-0.15, -0.1) is 0 Å². The molecule has 0 aliphatic heterocycles. The maximum atomic E-state index is 6.13. The van der Waals surface area contributed by atoms with E-state index in [-0.39, 0.29) is 0 Å². The molecule has 0 amide bonds. The quantitative estimate of drug-likeness (QED) is 0.256. The van der Waals surface area contributed by atoms with E-state index in [2.05, 4.69) is 41.0 Å². The zero-order chi connectivity index (χ0) is 25.1. The maximum absolute atomic E-state index is 6.13. The van der Waals surface area contributed by atoms with Crippen molar-refractivity contribution in [1.29, 1.82) is 0 Å². The molecule has 178 valence electrons. The van der Waals surface area contributed by atoms with Gasteiger partial charge in [-0.25, -0.2) is 4.98 Å². The summed E-state index contributed by atoms with van der Waals surface area (Å²) in [5.74, 6) is 1.61. The second kappa shape index (κ2) is 8.08. The van der Waals surface area contributed by atoms with E-state index in [0.717, 1.165) is 49.3 Å². The fraction of sp³-hybridized carbons (Fsp3) is 0. The summed E-state index contributed by atoms with van der Waals surface area (Å²) in [5, 5.41) is 4.29. The van der Waals surface area contributed by atoms with E-state index < -0.39 is 0 Å². The van der Waals surface area contributed by atoms with E-state index in [9.17, 15) is 0 Å². The van der Waals surface area contributed by atoms with Crippen LogP contribution in [0.5, 0.6) is 0 Å². The Hall–Kier alpha value is -5.36. The average molecular weight is 490 g/mol. The largest absolute Gasteiger partial charge is 0.456 e. The summed E-state index contributed by atoms with van der Waals surface area (Å²) in [4.78, 5) is 19.6. The van der Waals surface area contributed by atoms with Crippen molar-refractivity contribution in [3.05, 3.63) is 115 Å². The number of pyridine rings is 1. The van der Waals surface area contributed by atoms with Gasteiger partial charge >= 0.3 is 0 Å². The minimum Gasteiger partial charge on any atom is -0.456 e. The Morgan fingerprint density at radius 2 is 1.16 bits per heavy atom. The highest BCUT2D eigenvalue weighted by Crippen LogP contribution is 2.33. The highest BCUT2D eigenvalue weighted by Gasteiger charge is 2.18. The second-order valence-electron chi connectivity index (χ2n) is 9.18. The van der Waals surface area contributed by atoms with Gasteiger partial charge in [0.25, 0.3) is 0 Å². The molecule has 0 bridgehead atoms. The zero-order valence-corrected chi connectivity index (χ0v) is 20.1. The number of fused-ring (bicyclic) bond motifs is 6. The van der Waals surface area contributed by atoms with Gasteiger partial charge in [0.2, 0.25) is 5.95 Å². The lowest BCUT2D eigenvalue weighted by Crippen LogP contribution is -2.06. The summed E-state index contributed by atoms with van der Waals surface area (Å²) < 4.78 is 8.23. The predicted molar refractivity (Wildman–Crippen MR) is 150 cm³/mol. The van der Waals surface area contributed by atoms with Gasteiger partial charge in [-0.1, -0.05) is 84.9 Å². The molecule has 8 rings (SSSR count). The number of furan rings is 1. The van der Waals surface area contributed by atoms with Gasteiger partial charge < -0.3 is 4.42 Å². The van der Waals surface area contributed by atoms with Crippen LogP contribution < -0.4 is 0 Å². The Bertz CT molecular complexity index is 2090. The van der Waals surface area contributed by atoms with E-state index in [1.807, 2.05) is 79.0 Å². The van der Waals surface area contributed by atoms with E-state index in [0.29, 0.717) is 23.3 Å². The molecule has 38 heavy (non-hydrogen) atoms. The predicted octanol–water partition coefficient (Wildman–Crippen LogP) is 7.60. The van der Waals surface area contributed by atoms with E-state index >= 15 is 0 Å². The first kappa shape index (κ1) is 20.8. The summed E-state index contributed by atoms with van der Waals surface area (Å²) >= 11 is 0. The van der Waals surface area contributed by atoms with Crippen LogP contribution in [0.25, 0.3) is 72.6 Å². The molecule has 8 aromatic rings. The molecule has 0 N–H and O–H groups in total. The number of nitrogens with zero attached hydrogens (tertiary/aromatic N) is 5. The van der Waals surface area contributed by atoms with Crippen molar-refractivity contribution in [2.24, 2.45) is 0 Å². The number of hydrogen-bond donors (Lipinski definition) is 0. The van der Waals surface area contributed by atoms with Gasteiger partial charge in [0.05, 0.1) is 11.0 Å². The third kappa shape index (κ3) is 3.14. The van der Waals surface area contributed by atoms with Crippen LogP contribution in [0.4, 0.5) is 0 Å². The van der Waals surface area contributed by atoms with Gasteiger partial charge in [0.15, 0.2) is 11.6 Å². The molecule has 0 radical (unpaired) electrons. The van der Waals surface area contributed by atoms with Gasteiger partial charge in [-0.05, 0) is 18.2 Å². The highest BCUT2D eigenvalue weighted by molar-refractivity contribution is 6.09. The molecular weight excluding hydrogens is 470 g/mol. The average Bonchev–Trinajstić information content (AvgIpc) is 3.53. The van der Waals surface area contributed by atoms with Crippen molar-refractivity contribution < 1.29 is 4.42 Å². The van der Waals surface area contributed by atoms with Crippen molar-refractivity contribution >= 4 is 43.7 Å². The Morgan fingerprint density at radius 3 is 1.92 bits per heavy atom. The topological polar surface area (TPSA) is 69.6 Å². The van der Waals surface area contributed by atoms with Crippen molar-refractivity contribution in [2.75, 3.05) is 0 Å². The zero-order valence-electron chi connectivity index (χ0n) is 20.1. The van der Waals surface area contributed by atoms with Crippen molar-refractivity contribution in [3.8, 4) is 28.9 Å². The molecule has 4 aromatic carbocycles. The molecule has 0 aliphatic rings. The minimum atomic E-state index is 0.484. The SMILES string of the molecule is c1ccc(-c2nc(-c3cc4oc5ccccc5c4cn3)nc(-n3c4ccccc4c4ccccc43)n2)cc1. The lowest BCUT2D eigenvalue weighted by molar-refractivity contribution is 0.668. The Kier molecular flexibility index (Phi) is 4.42. The summed E-state index contributed by atoms with van der Waals surface area (Å²) in [6.07, 6.45) is 1.84. The van der Waals surface area contributed by atoms with E-state index in [4.69, 9.17) is 24.4 Å². The molecule has 0 fully saturated rings. The van der Waals surface area contributed by atoms with Crippen LogP contribution in [-0.2, 0) is 0 Å². The molecule has 0 unspecified atom stereocenters. The number of hydrogen-bond acceptors (Lipinski definition) is 5. The molecule has 4 heterocycles. The molecule has 6 heteroatoms. The number of rotatable bonds is 3.